The van der Waals surface area contributed by atoms with E-state index >= 15 is 0 Å². The Morgan fingerprint density at radius 1 is 1.06 bits per heavy atom. The molecule has 0 aromatic heterocycles. The van der Waals surface area contributed by atoms with Gasteiger partial charge in [-0.1, -0.05) is 62.9 Å². The Bertz CT molecular complexity index is 842. The minimum atomic E-state index is -0.312. The molecule has 1 saturated carbocycles. The summed E-state index contributed by atoms with van der Waals surface area (Å²) >= 11 is 0. The summed E-state index contributed by atoms with van der Waals surface area (Å²) in [6.45, 7) is 6.79. The first-order valence-corrected chi connectivity index (χ1v) is 11.8. The number of carbonyl (C=O) groups is 1. The van der Waals surface area contributed by atoms with Gasteiger partial charge in [0.15, 0.2) is 0 Å². The number of hydrogen-bond acceptors (Lipinski definition) is 4. The average molecular weight is 424 g/mol. The summed E-state index contributed by atoms with van der Waals surface area (Å²) in [5.41, 5.74) is 4.74. The Labute approximate surface area is 187 Å². The fourth-order valence-electron chi connectivity index (χ4n) is 4.43. The first-order chi connectivity index (χ1) is 15.1. The van der Waals surface area contributed by atoms with Crippen molar-refractivity contribution in [2.75, 3.05) is 20.2 Å². The summed E-state index contributed by atoms with van der Waals surface area (Å²) in [7, 11) is 1.43. The number of carbonyl (C=O) groups excluding carboxylic acids is 1. The van der Waals surface area contributed by atoms with Crippen LogP contribution in [0.15, 0.2) is 42.5 Å². The smallest absolute Gasteiger partial charge is 0.338 e. The molecule has 0 spiro atoms. The molecule has 0 amide bonds. The lowest BCUT2D eigenvalue weighted by Gasteiger charge is -2.29. The average Bonchev–Trinajstić information content (AvgIpc) is 2.81. The van der Waals surface area contributed by atoms with E-state index in [0.717, 1.165) is 54.1 Å². The molecule has 2 aromatic carbocycles. The molecule has 1 aliphatic carbocycles. The first-order valence-electron chi connectivity index (χ1n) is 11.8. The van der Waals surface area contributed by atoms with Crippen LogP contribution in [-0.2, 0) is 16.2 Å². The van der Waals surface area contributed by atoms with Crippen molar-refractivity contribution in [1.82, 2.24) is 5.06 Å². The number of nitrogens with zero attached hydrogens (tertiary/aromatic N) is 1. The third kappa shape index (κ3) is 6.65. The molecule has 0 unspecified atom stereocenters. The highest BCUT2D eigenvalue weighted by Gasteiger charge is 2.19. The lowest BCUT2D eigenvalue weighted by Crippen LogP contribution is -2.31. The zero-order valence-corrected chi connectivity index (χ0v) is 19.4. The molecule has 0 aliphatic heterocycles. The van der Waals surface area contributed by atoms with Crippen LogP contribution in [0.2, 0.25) is 0 Å². The van der Waals surface area contributed by atoms with Gasteiger partial charge >= 0.3 is 5.97 Å². The molecular weight excluding hydrogens is 386 g/mol. The maximum atomic E-state index is 12.4. The molecule has 31 heavy (non-hydrogen) atoms. The Balaban J connectivity index is 1.77. The first kappa shape index (κ1) is 23.5. The van der Waals surface area contributed by atoms with Crippen molar-refractivity contribution in [3.8, 4) is 11.1 Å². The lowest BCUT2D eigenvalue weighted by molar-refractivity contribution is -0.178. The van der Waals surface area contributed by atoms with Gasteiger partial charge in [-0.2, -0.15) is 5.06 Å². The summed E-state index contributed by atoms with van der Waals surface area (Å²) in [5.74, 6) is 0.433. The molecule has 0 bridgehead atoms. The third-order valence-electron chi connectivity index (χ3n) is 6.29. The fourth-order valence-corrected chi connectivity index (χ4v) is 4.43. The van der Waals surface area contributed by atoms with Gasteiger partial charge in [0.25, 0.3) is 0 Å². The molecule has 0 radical (unpaired) electrons. The number of rotatable bonds is 10. The van der Waals surface area contributed by atoms with Gasteiger partial charge in [0.2, 0.25) is 0 Å². The van der Waals surface area contributed by atoms with Crippen LogP contribution in [0.1, 0.15) is 73.4 Å². The summed E-state index contributed by atoms with van der Waals surface area (Å²) in [4.78, 5) is 18.7. The number of hydroxylamine groups is 2. The standard InChI is InChI=1S/C27H37NO3/c1-4-5-17-28(19-22-12-7-6-8-13-22)31-20-23-15-16-25(27(29)30-3)26(18-23)24-14-10-9-11-21(24)2/h9-11,14-16,18,22H,4-8,12-13,17,19-20H2,1-3H3. The lowest BCUT2D eigenvalue weighted by atomic mass is 9.89. The number of hydrogen-bond donors (Lipinski definition) is 0. The second-order valence-electron chi connectivity index (χ2n) is 8.71. The normalized spacial score (nSPS) is 14.7. The van der Waals surface area contributed by atoms with Gasteiger partial charge < -0.3 is 4.74 Å². The molecule has 1 fully saturated rings. The topological polar surface area (TPSA) is 38.8 Å². The summed E-state index contributed by atoms with van der Waals surface area (Å²) in [6.07, 6.45) is 9.01. The van der Waals surface area contributed by atoms with Gasteiger partial charge in [-0.05, 0) is 66.5 Å². The molecule has 4 heteroatoms. The molecular formula is C27H37NO3. The van der Waals surface area contributed by atoms with Crippen molar-refractivity contribution in [3.05, 3.63) is 59.2 Å². The van der Waals surface area contributed by atoms with Crippen molar-refractivity contribution in [1.29, 1.82) is 0 Å². The predicted molar refractivity (Wildman–Crippen MR) is 126 cm³/mol. The Hall–Kier alpha value is -2.17. The zero-order chi connectivity index (χ0) is 22.1. The van der Waals surface area contributed by atoms with E-state index in [-0.39, 0.29) is 5.97 Å². The number of aryl methyl sites for hydroxylation is 1. The van der Waals surface area contributed by atoms with Crippen molar-refractivity contribution in [2.45, 2.75) is 65.4 Å². The van der Waals surface area contributed by atoms with E-state index in [1.807, 2.05) is 24.3 Å². The summed E-state index contributed by atoms with van der Waals surface area (Å²) in [6, 6.07) is 14.1. The van der Waals surface area contributed by atoms with Crippen LogP contribution in [-0.4, -0.2) is 31.2 Å². The molecule has 0 atom stereocenters. The van der Waals surface area contributed by atoms with Gasteiger partial charge in [0, 0.05) is 13.1 Å². The third-order valence-corrected chi connectivity index (χ3v) is 6.29. The molecule has 0 saturated heterocycles. The van der Waals surface area contributed by atoms with Crippen LogP contribution in [0.3, 0.4) is 0 Å². The van der Waals surface area contributed by atoms with Crippen LogP contribution < -0.4 is 0 Å². The maximum Gasteiger partial charge on any atom is 0.338 e. The second kappa shape index (κ2) is 12.0. The van der Waals surface area contributed by atoms with E-state index in [0.29, 0.717) is 12.2 Å². The zero-order valence-electron chi connectivity index (χ0n) is 19.4. The Morgan fingerprint density at radius 3 is 2.55 bits per heavy atom. The highest BCUT2D eigenvalue weighted by molar-refractivity contribution is 5.97. The highest BCUT2D eigenvalue weighted by atomic mass is 16.7. The molecule has 168 valence electrons. The van der Waals surface area contributed by atoms with E-state index in [2.05, 4.69) is 37.1 Å². The Kier molecular flexibility index (Phi) is 9.11. The van der Waals surface area contributed by atoms with Crippen LogP contribution in [0.4, 0.5) is 0 Å². The van der Waals surface area contributed by atoms with Crippen LogP contribution in [0, 0.1) is 12.8 Å². The maximum absolute atomic E-state index is 12.4. The monoisotopic (exact) mass is 423 g/mol. The summed E-state index contributed by atoms with van der Waals surface area (Å²) in [5, 5.41) is 2.18. The molecule has 2 aromatic rings. The van der Waals surface area contributed by atoms with E-state index < -0.39 is 0 Å². The van der Waals surface area contributed by atoms with Gasteiger partial charge in [0.1, 0.15) is 0 Å². The number of unbranched alkanes of at least 4 members (excludes halogenated alkanes) is 1. The minimum absolute atomic E-state index is 0.312. The predicted octanol–water partition coefficient (Wildman–Crippen LogP) is 6.56. The van der Waals surface area contributed by atoms with Crippen LogP contribution in [0.5, 0.6) is 0 Å². The van der Waals surface area contributed by atoms with Crippen molar-refractivity contribution < 1.29 is 14.4 Å². The number of methoxy groups -OCH3 is 1. The van der Waals surface area contributed by atoms with Gasteiger partial charge in [0.05, 0.1) is 19.3 Å². The van der Waals surface area contributed by atoms with Crippen molar-refractivity contribution in [2.24, 2.45) is 5.92 Å². The van der Waals surface area contributed by atoms with E-state index in [4.69, 9.17) is 9.57 Å². The fraction of sp³-hybridized carbons (Fsp3) is 0.519. The van der Waals surface area contributed by atoms with Gasteiger partial charge in [-0.25, -0.2) is 4.79 Å². The second-order valence-corrected chi connectivity index (χ2v) is 8.71. The van der Waals surface area contributed by atoms with Crippen molar-refractivity contribution >= 4 is 5.97 Å². The summed E-state index contributed by atoms with van der Waals surface area (Å²) < 4.78 is 5.03. The minimum Gasteiger partial charge on any atom is -0.465 e. The number of benzene rings is 2. The molecule has 1 aliphatic rings. The largest absolute Gasteiger partial charge is 0.465 e. The molecule has 4 nitrogen and oxygen atoms in total. The SMILES string of the molecule is CCCCN(CC1CCCCC1)OCc1ccc(C(=O)OC)c(-c2ccccc2C)c1. The van der Waals surface area contributed by atoms with Gasteiger partial charge in [-0.15, -0.1) is 0 Å². The Morgan fingerprint density at radius 2 is 1.84 bits per heavy atom. The van der Waals surface area contributed by atoms with Gasteiger partial charge in [-0.3, -0.25) is 4.84 Å². The molecule has 3 rings (SSSR count). The van der Waals surface area contributed by atoms with Crippen LogP contribution >= 0.6 is 0 Å². The van der Waals surface area contributed by atoms with E-state index in [9.17, 15) is 4.79 Å². The molecule has 0 heterocycles. The quantitative estimate of drug-likeness (QED) is 0.320. The highest BCUT2D eigenvalue weighted by Crippen LogP contribution is 2.29. The number of ether oxygens (including phenoxy) is 1. The van der Waals surface area contributed by atoms with Crippen molar-refractivity contribution in [3.63, 3.8) is 0 Å². The van der Waals surface area contributed by atoms with Crippen LogP contribution in [0.25, 0.3) is 11.1 Å². The molecule has 0 N–H and O–H groups in total. The van der Waals surface area contributed by atoms with E-state index in [1.54, 1.807) is 0 Å². The van der Waals surface area contributed by atoms with E-state index in [1.165, 1.54) is 39.2 Å². The number of esters is 1.